The molecule has 1 amide bonds. The Balaban J connectivity index is 2.82. The molecule has 0 saturated heterocycles. The normalized spacial score (nSPS) is 15.1. The Morgan fingerprint density at radius 3 is 2.50 bits per heavy atom. The Morgan fingerprint density at radius 2 is 2.12 bits per heavy atom. The van der Waals surface area contributed by atoms with Crippen molar-refractivity contribution in [1.82, 2.24) is 15.1 Å². The van der Waals surface area contributed by atoms with Gasteiger partial charge in [-0.1, -0.05) is 13.8 Å². The third-order valence-electron chi connectivity index (χ3n) is 2.46. The Bertz CT molecular complexity index is 359. The Kier molecular flexibility index (Phi) is 4.06. The fourth-order valence-electron chi connectivity index (χ4n) is 1.63. The van der Waals surface area contributed by atoms with Gasteiger partial charge < -0.3 is 11.1 Å². The third kappa shape index (κ3) is 3.06. The summed E-state index contributed by atoms with van der Waals surface area (Å²) in [5, 5.41) is 7.44. The van der Waals surface area contributed by atoms with E-state index >= 15 is 0 Å². The lowest BCUT2D eigenvalue weighted by Gasteiger charge is -2.24. The van der Waals surface area contributed by atoms with E-state index in [9.17, 15) is 4.79 Å². The van der Waals surface area contributed by atoms with Gasteiger partial charge in [0.15, 0.2) is 0 Å². The number of amides is 1. The van der Waals surface area contributed by atoms with Crippen LogP contribution in [0.5, 0.6) is 0 Å². The molecule has 0 aliphatic rings. The molecular weight excluding hydrogens is 204 g/mol. The molecule has 0 spiro atoms. The third-order valence-corrected chi connectivity index (χ3v) is 2.46. The number of aromatic nitrogens is 2. The fraction of sp³-hybridized carbons (Fsp3) is 0.636. The molecule has 1 rings (SSSR count). The van der Waals surface area contributed by atoms with E-state index < -0.39 is 6.04 Å². The van der Waals surface area contributed by atoms with Gasteiger partial charge in [0.05, 0.1) is 11.7 Å². The number of nitrogens with zero attached hydrogens (tertiary/aromatic N) is 2. The molecule has 90 valence electrons. The Labute approximate surface area is 96.0 Å². The molecule has 0 aromatic carbocycles. The number of hydrogen-bond donors (Lipinski definition) is 2. The number of carbonyl (C=O) groups is 1. The number of nitrogens with one attached hydrogen (secondary N) is 1. The van der Waals surface area contributed by atoms with Crippen LogP contribution < -0.4 is 11.1 Å². The fourth-order valence-corrected chi connectivity index (χ4v) is 1.63. The summed E-state index contributed by atoms with van der Waals surface area (Å²) in [6.45, 7) is 7.81. The molecular formula is C11H20N4O. The summed E-state index contributed by atoms with van der Waals surface area (Å²) in [5.74, 6) is -0.352. The number of rotatable bonds is 5. The monoisotopic (exact) mass is 224 g/mol. The maximum atomic E-state index is 11.4. The molecule has 1 aromatic rings. The molecule has 16 heavy (non-hydrogen) atoms. The van der Waals surface area contributed by atoms with Crippen LogP contribution >= 0.6 is 0 Å². The molecule has 0 radical (unpaired) electrons. The molecule has 0 aliphatic carbocycles. The van der Waals surface area contributed by atoms with Crippen LogP contribution in [-0.4, -0.2) is 27.8 Å². The van der Waals surface area contributed by atoms with Crippen molar-refractivity contribution in [3.8, 4) is 0 Å². The summed E-state index contributed by atoms with van der Waals surface area (Å²) < 4.78 is 1.76. The van der Waals surface area contributed by atoms with Crippen molar-refractivity contribution >= 4 is 5.91 Å². The molecule has 0 bridgehead atoms. The van der Waals surface area contributed by atoms with Gasteiger partial charge in [0.25, 0.3) is 0 Å². The van der Waals surface area contributed by atoms with Crippen LogP contribution in [0.25, 0.3) is 0 Å². The Hall–Kier alpha value is -1.36. The van der Waals surface area contributed by atoms with Crippen molar-refractivity contribution in [3.63, 3.8) is 0 Å². The van der Waals surface area contributed by atoms with E-state index in [2.05, 4.69) is 10.4 Å². The molecule has 5 nitrogen and oxygen atoms in total. The molecule has 0 aliphatic heterocycles. The van der Waals surface area contributed by atoms with Crippen LogP contribution in [0, 0.1) is 6.92 Å². The number of primary amides is 1. The zero-order valence-corrected chi connectivity index (χ0v) is 10.3. The minimum atomic E-state index is -0.403. The van der Waals surface area contributed by atoms with Gasteiger partial charge in [0, 0.05) is 12.2 Å². The summed E-state index contributed by atoms with van der Waals surface area (Å²) in [7, 11) is 0. The van der Waals surface area contributed by atoms with Crippen LogP contribution in [0.2, 0.25) is 0 Å². The quantitative estimate of drug-likeness (QED) is 0.769. The largest absolute Gasteiger partial charge is 0.368 e. The molecule has 0 saturated carbocycles. The Morgan fingerprint density at radius 1 is 1.50 bits per heavy atom. The maximum Gasteiger partial charge on any atom is 0.236 e. The lowest BCUT2D eigenvalue weighted by atomic mass is 10.1. The van der Waals surface area contributed by atoms with E-state index in [0.29, 0.717) is 0 Å². The van der Waals surface area contributed by atoms with Crippen molar-refractivity contribution in [2.24, 2.45) is 5.73 Å². The highest BCUT2D eigenvalue weighted by atomic mass is 16.1. The molecule has 0 fully saturated rings. The second-order valence-corrected chi connectivity index (χ2v) is 4.38. The van der Waals surface area contributed by atoms with Crippen LogP contribution in [0.15, 0.2) is 12.3 Å². The lowest BCUT2D eigenvalue weighted by molar-refractivity contribution is -0.121. The smallest absolute Gasteiger partial charge is 0.236 e. The first-order valence-corrected chi connectivity index (χ1v) is 5.49. The average molecular weight is 224 g/mol. The van der Waals surface area contributed by atoms with Gasteiger partial charge in [-0.25, -0.2) is 0 Å². The van der Waals surface area contributed by atoms with E-state index in [0.717, 1.165) is 5.69 Å². The molecule has 2 unspecified atom stereocenters. The number of carbonyl (C=O) groups excluding carboxylic acids is 1. The molecule has 1 heterocycles. The van der Waals surface area contributed by atoms with Gasteiger partial charge in [0.1, 0.15) is 6.04 Å². The summed E-state index contributed by atoms with van der Waals surface area (Å²) in [6, 6.07) is 1.62. The predicted octanol–water partition coefficient (Wildman–Crippen LogP) is 0.604. The highest BCUT2D eigenvalue weighted by molar-refractivity contribution is 5.80. The topological polar surface area (TPSA) is 72.9 Å². The summed E-state index contributed by atoms with van der Waals surface area (Å²) >= 11 is 0. The predicted molar refractivity (Wildman–Crippen MR) is 62.9 cm³/mol. The van der Waals surface area contributed by atoms with E-state index in [-0.39, 0.29) is 18.0 Å². The zero-order chi connectivity index (χ0) is 12.3. The number of hydrogen-bond acceptors (Lipinski definition) is 3. The van der Waals surface area contributed by atoms with Crippen LogP contribution in [0.4, 0.5) is 0 Å². The summed E-state index contributed by atoms with van der Waals surface area (Å²) in [5.41, 5.74) is 6.32. The van der Waals surface area contributed by atoms with Crippen LogP contribution in [0.1, 0.15) is 32.5 Å². The summed E-state index contributed by atoms with van der Waals surface area (Å²) in [6.07, 6.45) is 1.86. The van der Waals surface area contributed by atoms with Crippen molar-refractivity contribution in [3.05, 3.63) is 18.0 Å². The van der Waals surface area contributed by atoms with E-state index in [1.54, 1.807) is 4.68 Å². The standard InChI is InChI=1S/C11H20N4O/c1-7(2)13-10(11(12)16)9(4)15-6-5-8(3)14-15/h5-7,9-10,13H,1-4H3,(H2,12,16). The van der Waals surface area contributed by atoms with Gasteiger partial charge in [0.2, 0.25) is 5.91 Å². The highest BCUT2D eigenvalue weighted by Gasteiger charge is 2.25. The van der Waals surface area contributed by atoms with E-state index in [1.807, 2.05) is 40.0 Å². The average Bonchev–Trinajstić information content (AvgIpc) is 2.59. The SMILES string of the molecule is Cc1ccn(C(C)C(NC(C)C)C(N)=O)n1. The number of nitrogens with two attached hydrogens (primary N) is 1. The summed E-state index contributed by atoms with van der Waals surface area (Å²) in [4.78, 5) is 11.4. The van der Waals surface area contributed by atoms with E-state index in [1.165, 1.54) is 0 Å². The second kappa shape index (κ2) is 5.12. The van der Waals surface area contributed by atoms with Gasteiger partial charge in [-0.15, -0.1) is 0 Å². The van der Waals surface area contributed by atoms with Gasteiger partial charge in [-0.2, -0.15) is 5.10 Å². The van der Waals surface area contributed by atoms with Gasteiger partial charge >= 0.3 is 0 Å². The molecule has 3 N–H and O–H groups in total. The van der Waals surface area contributed by atoms with E-state index in [4.69, 9.17) is 5.73 Å². The second-order valence-electron chi connectivity index (χ2n) is 4.38. The lowest BCUT2D eigenvalue weighted by Crippen LogP contribution is -2.49. The molecule has 1 aromatic heterocycles. The van der Waals surface area contributed by atoms with Crippen molar-refractivity contribution in [2.75, 3.05) is 0 Å². The van der Waals surface area contributed by atoms with Gasteiger partial charge in [-0.3, -0.25) is 9.48 Å². The van der Waals surface area contributed by atoms with Gasteiger partial charge in [-0.05, 0) is 19.9 Å². The maximum absolute atomic E-state index is 11.4. The van der Waals surface area contributed by atoms with Crippen LogP contribution in [-0.2, 0) is 4.79 Å². The first kappa shape index (κ1) is 12.7. The zero-order valence-electron chi connectivity index (χ0n) is 10.3. The minimum Gasteiger partial charge on any atom is -0.368 e. The first-order chi connectivity index (χ1) is 7.41. The van der Waals surface area contributed by atoms with Crippen molar-refractivity contribution in [1.29, 1.82) is 0 Å². The number of aryl methyl sites for hydroxylation is 1. The minimum absolute atomic E-state index is 0.0893. The van der Waals surface area contributed by atoms with Crippen LogP contribution in [0.3, 0.4) is 0 Å². The molecule has 5 heteroatoms. The molecule has 2 atom stereocenters. The first-order valence-electron chi connectivity index (χ1n) is 5.49. The van der Waals surface area contributed by atoms with Crippen molar-refractivity contribution < 1.29 is 4.79 Å². The highest BCUT2D eigenvalue weighted by Crippen LogP contribution is 2.11. The van der Waals surface area contributed by atoms with Crippen molar-refractivity contribution in [2.45, 2.75) is 45.8 Å².